The zero-order chi connectivity index (χ0) is 65.7. The van der Waals surface area contributed by atoms with Crippen LogP contribution in [0.1, 0.15) is 356 Å². The van der Waals surface area contributed by atoms with Crippen LogP contribution in [-0.4, -0.2) is 96.7 Å². The van der Waals surface area contributed by atoms with Crippen LogP contribution in [0.4, 0.5) is 0 Å². The van der Waals surface area contributed by atoms with Gasteiger partial charge in [-0.05, 0) is 37.5 Å². The van der Waals surface area contributed by atoms with E-state index in [1.807, 2.05) is 0 Å². The third kappa shape index (κ3) is 63.2. The van der Waals surface area contributed by atoms with E-state index in [1.165, 1.54) is 173 Å². The molecule has 19 heteroatoms. The van der Waals surface area contributed by atoms with Crippen molar-refractivity contribution in [3.63, 3.8) is 0 Å². The Morgan fingerprint density at radius 2 is 0.573 bits per heavy atom. The molecule has 0 rings (SSSR count). The first-order chi connectivity index (χ1) is 42.9. The molecule has 0 heterocycles. The number of esters is 4. The van der Waals surface area contributed by atoms with E-state index in [4.69, 9.17) is 37.0 Å². The highest BCUT2D eigenvalue weighted by Gasteiger charge is 2.30. The standard InChI is InChI=1S/C70H136O17P2/c1-7-10-12-14-16-18-20-21-22-23-25-27-36-42-48-54-69(74)86-65(59-81-68(73)53-47-41-35-31-29-33-39-45-51-63(6)9-3)60-84-88(76,77)82-56-64(71)57-83-89(78,79)85-61-66(87-70(75)55-49-43-37-30-28-32-38-44-50-62(4)5)58-80-67(72)52-46-40-34-26-24-19-17-15-13-11-8-2/h62-66,71H,7-61H2,1-6H3,(H,76,77)(H,78,79)/t63?,64-,65-,66-/m1/s1. The summed E-state index contributed by atoms with van der Waals surface area (Å²) in [5.41, 5.74) is 0. The maximum atomic E-state index is 13.0. The molecule has 0 bridgehead atoms. The first-order valence-electron chi connectivity index (χ1n) is 36.5. The molecule has 89 heavy (non-hydrogen) atoms. The molecule has 0 spiro atoms. The lowest BCUT2D eigenvalue weighted by Crippen LogP contribution is -2.30. The molecule has 0 radical (unpaired) electrons. The number of aliphatic hydroxyl groups excluding tert-OH is 1. The molecular weight excluding hydrogens is 1170 g/mol. The molecule has 0 aromatic rings. The summed E-state index contributed by atoms with van der Waals surface area (Å²) in [6.07, 6.45) is 47.1. The van der Waals surface area contributed by atoms with E-state index >= 15 is 0 Å². The molecule has 0 saturated carbocycles. The highest BCUT2D eigenvalue weighted by atomic mass is 31.2. The Kier molecular flexibility index (Phi) is 60.8. The summed E-state index contributed by atoms with van der Waals surface area (Å²) in [5, 5.41) is 10.6. The van der Waals surface area contributed by atoms with Crippen molar-refractivity contribution in [2.75, 3.05) is 39.6 Å². The number of ether oxygens (including phenoxy) is 4. The predicted octanol–water partition coefficient (Wildman–Crippen LogP) is 20.0. The fraction of sp³-hybridized carbons (Fsp3) is 0.943. The highest BCUT2D eigenvalue weighted by Crippen LogP contribution is 2.45. The largest absolute Gasteiger partial charge is 0.472 e. The molecule has 0 amide bonds. The van der Waals surface area contributed by atoms with E-state index in [-0.39, 0.29) is 25.7 Å². The molecule has 0 aromatic heterocycles. The Morgan fingerprint density at radius 1 is 0.326 bits per heavy atom. The lowest BCUT2D eigenvalue weighted by atomic mass is 9.99. The topological polar surface area (TPSA) is 237 Å². The molecule has 0 aliphatic rings. The van der Waals surface area contributed by atoms with Crippen LogP contribution < -0.4 is 0 Å². The molecule has 0 saturated heterocycles. The van der Waals surface area contributed by atoms with Crippen molar-refractivity contribution in [2.45, 2.75) is 374 Å². The Hall–Kier alpha value is -1.94. The SMILES string of the molecule is CCCCCCCCCCCCCCCCCC(=O)O[C@H](COC(=O)CCCCCCCCCCC(C)CC)COP(=O)(O)OC[C@@H](O)COP(=O)(O)OC[C@@H](COC(=O)CCCCCCCCCCCCC)OC(=O)CCCCCCCCCCC(C)C. The Morgan fingerprint density at radius 3 is 0.854 bits per heavy atom. The van der Waals surface area contributed by atoms with Crippen LogP contribution in [0.3, 0.4) is 0 Å². The van der Waals surface area contributed by atoms with Crippen LogP contribution >= 0.6 is 15.6 Å². The van der Waals surface area contributed by atoms with Crippen molar-refractivity contribution >= 4 is 39.5 Å². The second-order valence-electron chi connectivity index (χ2n) is 26.0. The molecule has 0 aliphatic carbocycles. The normalized spacial score (nSPS) is 14.4. The van der Waals surface area contributed by atoms with Gasteiger partial charge in [0.25, 0.3) is 0 Å². The van der Waals surface area contributed by atoms with Crippen LogP contribution in [0, 0.1) is 11.8 Å². The molecule has 0 fully saturated rings. The van der Waals surface area contributed by atoms with Gasteiger partial charge in [-0.3, -0.25) is 37.3 Å². The van der Waals surface area contributed by atoms with E-state index in [0.29, 0.717) is 25.7 Å². The summed E-state index contributed by atoms with van der Waals surface area (Å²) in [6.45, 7) is 9.51. The monoisotopic (exact) mass is 1310 g/mol. The van der Waals surface area contributed by atoms with Crippen molar-refractivity contribution < 1.29 is 80.2 Å². The zero-order valence-electron chi connectivity index (χ0n) is 57.7. The fourth-order valence-electron chi connectivity index (χ4n) is 10.6. The number of aliphatic hydroxyl groups is 1. The molecule has 528 valence electrons. The lowest BCUT2D eigenvalue weighted by Gasteiger charge is -2.21. The number of unbranched alkanes of at least 4 members (excludes halogenated alkanes) is 38. The van der Waals surface area contributed by atoms with E-state index in [2.05, 4.69) is 41.5 Å². The lowest BCUT2D eigenvalue weighted by molar-refractivity contribution is -0.161. The quantitative estimate of drug-likeness (QED) is 0.0222. The second-order valence-corrected chi connectivity index (χ2v) is 28.9. The van der Waals surface area contributed by atoms with Crippen molar-refractivity contribution in [2.24, 2.45) is 11.8 Å². The summed E-state index contributed by atoms with van der Waals surface area (Å²) in [4.78, 5) is 72.5. The minimum atomic E-state index is -4.95. The molecule has 6 atom stereocenters. The fourth-order valence-corrected chi connectivity index (χ4v) is 12.1. The van der Waals surface area contributed by atoms with E-state index < -0.39 is 97.5 Å². The summed E-state index contributed by atoms with van der Waals surface area (Å²) in [5.74, 6) is -0.628. The smallest absolute Gasteiger partial charge is 0.462 e. The average Bonchev–Trinajstić information content (AvgIpc) is 3.57. The number of carbonyl (C=O) groups is 4. The van der Waals surface area contributed by atoms with Gasteiger partial charge in [0, 0.05) is 25.7 Å². The van der Waals surface area contributed by atoms with Gasteiger partial charge >= 0.3 is 39.5 Å². The molecule has 0 aliphatic heterocycles. The third-order valence-electron chi connectivity index (χ3n) is 16.6. The summed E-state index contributed by atoms with van der Waals surface area (Å²) in [6, 6.07) is 0. The number of phosphoric ester groups is 2. The van der Waals surface area contributed by atoms with Gasteiger partial charge in [0.05, 0.1) is 26.4 Å². The average molecular weight is 1310 g/mol. The number of hydrogen-bond acceptors (Lipinski definition) is 15. The van der Waals surface area contributed by atoms with Crippen molar-refractivity contribution in [1.29, 1.82) is 0 Å². The maximum Gasteiger partial charge on any atom is 0.472 e. The van der Waals surface area contributed by atoms with Gasteiger partial charge in [0.1, 0.15) is 19.3 Å². The Balaban J connectivity index is 5.25. The first kappa shape index (κ1) is 87.1. The van der Waals surface area contributed by atoms with Gasteiger partial charge < -0.3 is 33.8 Å². The van der Waals surface area contributed by atoms with Crippen LogP contribution in [-0.2, 0) is 65.4 Å². The maximum absolute atomic E-state index is 13.0. The number of phosphoric acid groups is 2. The zero-order valence-corrected chi connectivity index (χ0v) is 59.5. The van der Waals surface area contributed by atoms with Crippen molar-refractivity contribution in [3.8, 4) is 0 Å². The molecular formula is C70H136O17P2. The van der Waals surface area contributed by atoms with Crippen LogP contribution in [0.25, 0.3) is 0 Å². The van der Waals surface area contributed by atoms with Gasteiger partial charge in [-0.2, -0.15) is 0 Å². The minimum Gasteiger partial charge on any atom is -0.462 e. The molecule has 3 unspecified atom stereocenters. The summed E-state index contributed by atoms with van der Waals surface area (Å²) in [7, 11) is -9.90. The summed E-state index contributed by atoms with van der Waals surface area (Å²) < 4.78 is 68.3. The van der Waals surface area contributed by atoms with Crippen LogP contribution in [0.15, 0.2) is 0 Å². The summed E-state index contributed by atoms with van der Waals surface area (Å²) >= 11 is 0. The highest BCUT2D eigenvalue weighted by molar-refractivity contribution is 7.47. The Labute approximate surface area is 543 Å². The van der Waals surface area contributed by atoms with Crippen LogP contribution in [0.5, 0.6) is 0 Å². The van der Waals surface area contributed by atoms with Gasteiger partial charge in [-0.15, -0.1) is 0 Å². The van der Waals surface area contributed by atoms with Crippen molar-refractivity contribution in [1.82, 2.24) is 0 Å². The van der Waals surface area contributed by atoms with Gasteiger partial charge in [0.15, 0.2) is 12.2 Å². The predicted molar refractivity (Wildman–Crippen MR) is 358 cm³/mol. The molecule has 17 nitrogen and oxygen atoms in total. The minimum absolute atomic E-state index is 0.105. The van der Waals surface area contributed by atoms with E-state index in [1.54, 1.807) is 0 Å². The van der Waals surface area contributed by atoms with Crippen LogP contribution in [0.2, 0.25) is 0 Å². The second kappa shape index (κ2) is 62.2. The van der Waals surface area contributed by atoms with Crippen molar-refractivity contribution in [3.05, 3.63) is 0 Å². The molecule has 0 aromatic carbocycles. The number of rotatable bonds is 69. The number of hydrogen-bond donors (Lipinski definition) is 3. The van der Waals surface area contributed by atoms with E-state index in [0.717, 1.165) is 102 Å². The first-order valence-corrected chi connectivity index (χ1v) is 39.5. The number of carbonyl (C=O) groups excluding carboxylic acids is 4. The van der Waals surface area contributed by atoms with E-state index in [9.17, 15) is 43.2 Å². The van der Waals surface area contributed by atoms with Gasteiger partial charge in [-0.1, -0.05) is 305 Å². The third-order valence-corrected chi connectivity index (χ3v) is 18.5. The Bertz CT molecular complexity index is 1740. The van der Waals surface area contributed by atoms with Gasteiger partial charge in [0.2, 0.25) is 0 Å². The molecule has 3 N–H and O–H groups in total. The van der Waals surface area contributed by atoms with Gasteiger partial charge in [-0.25, -0.2) is 9.13 Å².